The Bertz CT molecular complexity index is 425. The number of benzene rings is 1. The Morgan fingerprint density at radius 3 is 3.06 bits per heavy atom. The fourth-order valence-corrected chi connectivity index (χ4v) is 2.95. The fourth-order valence-electron chi connectivity index (χ4n) is 1.92. The van der Waals surface area contributed by atoms with Gasteiger partial charge in [-0.2, -0.15) is 0 Å². The molecule has 1 aromatic carbocycles. The van der Waals surface area contributed by atoms with E-state index in [1.807, 2.05) is 18.2 Å². The van der Waals surface area contributed by atoms with Crippen LogP contribution in [0.25, 0.3) is 0 Å². The van der Waals surface area contributed by atoms with E-state index in [0.717, 1.165) is 33.7 Å². The van der Waals surface area contributed by atoms with Gasteiger partial charge in [-0.05, 0) is 53.6 Å². The smallest absolute Gasteiger partial charge is 0.222 e. The van der Waals surface area contributed by atoms with Gasteiger partial charge >= 0.3 is 0 Å². The maximum absolute atomic E-state index is 11.4. The largest absolute Gasteiger partial charge is 0.381 e. The molecule has 2 N–H and O–H groups in total. The Kier molecular flexibility index (Phi) is 4.50. The van der Waals surface area contributed by atoms with Gasteiger partial charge in [-0.15, -0.1) is 0 Å². The normalized spacial score (nSPS) is 20.6. The lowest BCUT2D eigenvalue weighted by Gasteiger charge is -2.17. The van der Waals surface area contributed by atoms with Crippen LogP contribution in [0.2, 0.25) is 5.02 Å². The van der Waals surface area contributed by atoms with Crippen molar-refractivity contribution in [2.75, 3.05) is 11.9 Å². The highest BCUT2D eigenvalue weighted by Crippen LogP contribution is 2.24. The lowest BCUT2D eigenvalue weighted by atomic mass is 10.1. The minimum absolute atomic E-state index is 0.129. The lowest BCUT2D eigenvalue weighted by molar-refractivity contribution is -0.120. The fraction of sp³-hybridized carbons (Fsp3) is 0.417. The van der Waals surface area contributed by atoms with Gasteiger partial charge in [0.05, 0.1) is 0 Å². The minimum Gasteiger partial charge on any atom is -0.381 e. The summed E-state index contributed by atoms with van der Waals surface area (Å²) >= 11 is 8.16. The number of halogens is 2. The maximum Gasteiger partial charge on any atom is 0.222 e. The molecule has 0 aliphatic carbocycles. The van der Waals surface area contributed by atoms with Crippen LogP contribution in [0.4, 0.5) is 5.69 Å². The number of hydrogen-bond acceptors (Lipinski definition) is 2. The third-order valence-corrected chi connectivity index (χ3v) is 3.90. The van der Waals surface area contributed by atoms with Crippen LogP contribution in [0.5, 0.6) is 0 Å². The minimum atomic E-state index is 0.129. The Hall–Kier alpha value is -0.490. The first kappa shape index (κ1) is 13.0. The van der Waals surface area contributed by atoms with Gasteiger partial charge in [0.25, 0.3) is 0 Å². The summed E-state index contributed by atoms with van der Waals surface area (Å²) in [7, 11) is 0. The molecular formula is C12H14ClIN2O. The summed E-state index contributed by atoms with van der Waals surface area (Å²) in [5.74, 6) is 0.129. The van der Waals surface area contributed by atoms with Crippen molar-refractivity contribution in [2.24, 2.45) is 0 Å². The lowest BCUT2D eigenvalue weighted by Crippen LogP contribution is -2.27. The zero-order valence-corrected chi connectivity index (χ0v) is 12.2. The average molecular weight is 365 g/mol. The van der Waals surface area contributed by atoms with E-state index in [1.165, 1.54) is 0 Å². The van der Waals surface area contributed by atoms with Crippen molar-refractivity contribution in [3.05, 3.63) is 26.8 Å². The van der Waals surface area contributed by atoms with E-state index in [9.17, 15) is 4.79 Å². The van der Waals surface area contributed by atoms with Crippen molar-refractivity contribution >= 4 is 45.8 Å². The number of hydrogen-bond donors (Lipinski definition) is 2. The molecule has 1 atom stereocenters. The van der Waals surface area contributed by atoms with Crippen LogP contribution in [0, 0.1) is 3.57 Å². The highest BCUT2D eigenvalue weighted by Gasteiger charge is 2.17. The Morgan fingerprint density at radius 2 is 2.29 bits per heavy atom. The molecule has 1 saturated heterocycles. The number of rotatable bonds is 2. The highest BCUT2D eigenvalue weighted by atomic mass is 127. The molecule has 17 heavy (non-hydrogen) atoms. The van der Waals surface area contributed by atoms with Gasteiger partial charge in [-0.25, -0.2) is 0 Å². The van der Waals surface area contributed by atoms with Gasteiger partial charge in [0.15, 0.2) is 0 Å². The summed E-state index contributed by atoms with van der Waals surface area (Å²) in [4.78, 5) is 11.4. The van der Waals surface area contributed by atoms with E-state index in [0.29, 0.717) is 6.42 Å². The zero-order valence-electron chi connectivity index (χ0n) is 9.30. The first-order valence-corrected chi connectivity index (χ1v) is 7.09. The van der Waals surface area contributed by atoms with Crippen LogP contribution in [0.1, 0.15) is 19.3 Å². The second kappa shape index (κ2) is 5.91. The Balaban J connectivity index is 2.06. The van der Waals surface area contributed by atoms with Crippen LogP contribution >= 0.6 is 34.2 Å². The Labute approximate surface area is 119 Å². The molecule has 2 rings (SSSR count). The van der Waals surface area contributed by atoms with E-state index in [2.05, 4.69) is 33.2 Å². The Morgan fingerprint density at radius 1 is 1.47 bits per heavy atom. The van der Waals surface area contributed by atoms with Crippen LogP contribution in [-0.2, 0) is 4.79 Å². The molecule has 1 heterocycles. The van der Waals surface area contributed by atoms with Gasteiger partial charge < -0.3 is 10.6 Å². The van der Waals surface area contributed by atoms with Crippen molar-refractivity contribution in [1.29, 1.82) is 0 Å². The van der Waals surface area contributed by atoms with Gasteiger partial charge in [-0.1, -0.05) is 11.6 Å². The standard InChI is InChI=1S/C12H14ClIN2O/c13-8-3-4-11(10(14)6-8)16-9-2-1-5-15-12(17)7-9/h3-4,6,9,16H,1-2,5,7H2,(H,15,17). The summed E-state index contributed by atoms with van der Waals surface area (Å²) < 4.78 is 1.08. The molecule has 1 aliphatic rings. The molecule has 1 fully saturated rings. The van der Waals surface area contributed by atoms with Crippen LogP contribution < -0.4 is 10.6 Å². The van der Waals surface area contributed by atoms with Gasteiger partial charge in [0.1, 0.15) is 0 Å². The molecule has 0 saturated carbocycles. The van der Waals surface area contributed by atoms with Crippen LogP contribution in [0.15, 0.2) is 18.2 Å². The molecule has 0 radical (unpaired) electrons. The van der Waals surface area contributed by atoms with Crippen molar-refractivity contribution in [2.45, 2.75) is 25.3 Å². The number of carbonyl (C=O) groups excluding carboxylic acids is 1. The monoisotopic (exact) mass is 364 g/mol. The maximum atomic E-state index is 11.4. The first-order valence-electron chi connectivity index (χ1n) is 5.63. The van der Waals surface area contributed by atoms with Crippen molar-refractivity contribution in [3.63, 3.8) is 0 Å². The highest BCUT2D eigenvalue weighted by molar-refractivity contribution is 14.1. The average Bonchev–Trinajstić information content (AvgIpc) is 2.47. The molecule has 5 heteroatoms. The van der Waals surface area contributed by atoms with E-state index >= 15 is 0 Å². The van der Waals surface area contributed by atoms with Crippen LogP contribution in [0.3, 0.4) is 0 Å². The molecular weight excluding hydrogens is 351 g/mol. The molecule has 92 valence electrons. The SMILES string of the molecule is O=C1CC(Nc2ccc(Cl)cc2I)CCCN1. The zero-order chi connectivity index (χ0) is 12.3. The van der Waals surface area contributed by atoms with Gasteiger partial charge in [-0.3, -0.25) is 4.79 Å². The quantitative estimate of drug-likeness (QED) is 0.792. The van der Waals surface area contributed by atoms with E-state index in [4.69, 9.17) is 11.6 Å². The van der Waals surface area contributed by atoms with Gasteiger partial charge in [0.2, 0.25) is 5.91 Å². The molecule has 0 spiro atoms. The predicted octanol–water partition coefficient (Wildman–Crippen LogP) is 3.03. The molecule has 3 nitrogen and oxygen atoms in total. The summed E-state index contributed by atoms with van der Waals surface area (Å²) in [6.45, 7) is 0.786. The van der Waals surface area contributed by atoms with Gasteiger partial charge in [0, 0.05) is 33.3 Å². The predicted molar refractivity (Wildman–Crippen MR) is 78.4 cm³/mol. The van der Waals surface area contributed by atoms with E-state index < -0.39 is 0 Å². The van der Waals surface area contributed by atoms with E-state index in [-0.39, 0.29) is 11.9 Å². The summed E-state index contributed by atoms with van der Waals surface area (Å²) in [5, 5.41) is 7.04. The van der Waals surface area contributed by atoms with Crippen molar-refractivity contribution < 1.29 is 4.79 Å². The molecule has 1 amide bonds. The molecule has 0 bridgehead atoms. The third-order valence-electron chi connectivity index (χ3n) is 2.77. The summed E-state index contributed by atoms with van der Waals surface area (Å²) in [6, 6.07) is 5.96. The number of anilines is 1. The summed E-state index contributed by atoms with van der Waals surface area (Å²) in [6.07, 6.45) is 2.57. The van der Waals surface area contributed by atoms with Crippen LogP contribution in [-0.4, -0.2) is 18.5 Å². The van der Waals surface area contributed by atoms with Crippen molar-refractivity contribution in [3.8, 4) is 0 Å². The second-order valence-corrected chi connectivity index (χ2v) is 5.76. The molecule has 1 unspecified atom stereocenters. The van der Waals surface area contributed by atoms with E-state index in [1.54, 1.807) is 0 Å². The number of nitrogens with one attached hydrogen (secondary N) is 2. The second-order valence-electron chi connectivity index (χ2n) is 4.16. The summed E-state index contributed by atoms with van der Waals surface area (Å²) in [5.41, 5.74) is 1.05. The molecule has 1 aliphatic heterocycles. The topological polar surface area (TPSA) is 41.1 Å². The number of amides is 1. The molecule has 1 aromatic rings. The molecule has 0 aromatic heterocycles. The first-order chi connectivity index (χ1) is 8.15. The third kappa shape index (κ3) is 3.74. The number of carbonyl (C=O) groups is 1. The van der Waals surface area contributed by atoms with Crippen molar-refractivity contribution in [1.82, 2.24) is 5.32 Å².